The highest BCUT2D eigenvalue weighted by molar-refractivity contribution is 5.83. The van der Waals surface area contributed by atoms with Crippen LogP contribution in [-0.4, -0.2) is 18.6 Å². The van der Waals surface area contributed by atoms with Crippen LogP contribution in [0, 0.1) is 11.8 Å². The average Bonchev–Trinajstić information content (AvgIpc) is 2.64. The van der Waals surface area contributed by atoms with E-state index in [1.807, 2.05) is 0 Å². The molecule has 3 heteroatoms. The van der Waals surface area contributed by atoms with Crippen molar-refractivity contribution >= 4 is 5.91 Å². The van der Waals surface area contributed by atoms with Crippen LogP contribution in [0.1, 0.15) is 25.7 Å². The van der Waals surface area contributed by atoms with Crippen LogP contribution in [0.4, 0.5) is 4.39 Å². The zero-order valence-corrected chi connectivity index (χ0v) is 7.05. The fourth-order valence-corrected chi connectivity index (χ4v) is 2.41. The van der Waals surface area contributed by atoms with Crippen LogP contribution in [-0.2, 0) is 4.79 Å². The lowest BCUT2D eigenvalue weighted by Crippen LogP contribution is -2.23. The van der Waals surface area contributed by atoms with Gasteiger partial charge in [-0.25, -0.2) is 4.39 Å². The van der Waals surface area contributed by atoms with Gasteiger partial charge in [0.05, 0.1) is 0 Å². The minimum Gasteiger partial charge on any atom is -0.353 e. The number of hydrogen-bond acceptors (Lipinski definition) is 1. The molecular formula is C9H14FNO. The number of hydrogen-bond donors (Lipinski definition) is 1. The van der Waals surface area contributed by atoms with Gasteiger partial charge in [-0.15, -0.1) is 0 Å². The zero-order chi connectivity index (χ0) is 8.55. The van der Waals surface area contributed by atoms with Gasteiger partial charge in [0.1, 0.15) is 0 Å². The quantitative estimate of drug-likeness (QED) is 0.632. The lowest BCUT2D eigenvalue weighted by atomic mass is 9.89. The molecule has 2 fully saturated rings. The summed E-state index contributed by atoms with van der Waals surface area (Å²) < 4.78 is 13.2. The predicted molar refractivity (Wildman–Crippen MR) is 43.4 cm³/mol. The molecule has 1 saturated heterocycles. The molecule has 1 heterocycles. The Bertz CT molecular complexity index is 189. The fourth-order valence-electron chi connectivity index (χ4n) is 2.41. The Balaban J connectivity index is 1.99. The first-order chi connectivity index (χ1) is 5.79. The Kier molecular flexibility index (Phi) is 2.03. The van der Waals surface area contributed by atoms with Crippen molar-refractivity contribution in [2.45, 2.75) is 31.9 Å². The summed E-state index contributed by atoms with van der Waals surface area (Å²) in [7, 11) is 0. The van der Waals surface area contributed by atoms with Gasteiger partial charge in [-0.1, -0.05) is 12.8 Å². The lowest BCUT2D eigenvalue weighted by Gasteiger charge is -2.17. The van der Waals surface area contributed by atoms with Crippen LogP contribution in [0.25, 0.3) is 0 Å². The minimum absolute atomic E-state index is 0.0278. The Labute approximate surface area is 71.5 Å². The third kappa shape index (κ3) is 1.21. The van der Waals surface area contributed by atoms with E-state index in [0.29, 0.717) is 12.5 Å². The molecule has 2 rings (SSSR count). The molecule has 0 bridgehead atoms. The molecule has 0 aromatic rings. The molecule has 0 radical (unpaired) electrons. The van der Waals surface area contributed by atoms with E-state index in [2.05, 4.69) is 5.32 Å². The van der Waals surface area contributed by atoms with Crippen LogP contribution >= 0.6 is 0 Å². The van der Waals surface area contributed by atoms with E-state index in [0.717, 1.165) is 12.8 Å². The van der Waals surface area contributed by atoms with Crippen LogP contribution in [0.5, 0.6) is 0 Å². The summed E-state index contributed by atoms with van der Waals surface area (Å²) >= 11 is 0. The maximum atomic E-state index is 13.2. The standard InChI is InChI=1S/C9H14FNO/c10-8-7(5-11-9(8)12)6-3-1-2-4-6/h6-8H,1-5H2,(H,11,12)/t7-,8+/m1/s1. The minimum atomic E-state index is -1.23. The highest BCUT2D eigenvalue weighted by atomic mass is 19.1. The maximum Gasteiger partial charge on any atom is 0.254 e. The van der Waals surface area contributed by atoms with Crippen LogP contribution < -0.4 is 5.32 Å². The number of carbonyl (C=O) groups excluding carboxylic acids is 1. The van der Waals surface area contributed by atoms with Crippen molar-refractivity contribution in [1.29, 1.82) is 0 Å². The molecular weight excluding hydrogens is 157 g/mol. The molecule has 0 unspecified atom stereocenters. The molecule has 68 valence electrons. The number of rotatable bonds is 1. The van der Waals surface area contributed by atoms with Gasteiger partial charge >= 0.3 is 0 Å². The van der Waals surface area contributed by atoms with Crippen molar-refractivity contribution < 1.29 is 9.18 Å². The highest BCUT2D eigenvalue weighted by Gasteiger charge is 2.40. The molecule has 1 amide bonds. The van der Waals surface area contributed by atoms with Gasteiger partial charge in [0.25, 0.3) is 5.91 Å². The van der Waals surface area contributed by atoms with E-state index in [-0.39, 0.29) is 5.92 Å². The topological polar surface area (TPSA) is 29.1 Å². The van der Waals surface area contributed by atoms with Gasteiger partial charge in [-0.3, -0.25) is 4.79 Å². The molecule has 1 aliphatic carbocycles. The molecule has 1 aliphatic heterocycles. The normalized spacial score (nSPS) is 37.2. The molecule has 1 N–H and O–H groups in total. The zero-order valence-electron chi connectivity index (χ0n) is 7.05. The van der Waals surface area contributed by atoms with Gasteiger partial charge in [0.2, 0.25) is 0 Å². The second-order valence-electron chi connectivity index (χ2n) is 3.86. The summed E-state index contributed by atoms with van der Waals surface area (Å²) in [6, 6.07) is 0. The summed E-state index contributed by atoms with van der Waals surface area (Å²) in [6.07, 6.45) is 3.41. The van der Waals surface area contributed by atoms with Crippen LogP contribution in [0.3, 0.4) is 0 Å². The second kappa shape index (κ2) is 3.04. The molecule has 2 atom stereocenters. The van der Waals surface area contributed by atoms with Gasteiger partial charge in [0.15, 0.2) is 6.17 Å². The van der Waals surface area contributed by atoms with E-state index in [1.165, 1.54) is 12.8 Å². The number of amides is 1. The third-order valence-corrected chi connectivity index (χ3v) is 3.14. The summed E-state index contributed by atoms with van der Waals surface area (Å²) in [5, 5.41) is 2.58. The first kappa shape index (κ1) is 8.02. The third-order valence-electron chi connectivity index (χ3n) is 3.14. The fraction of sp³-hybridized carbons (Fsp3) is 0.889. The van der Waals surface area contributed by atoms with Crippen LogP contribution in [0.2, 0.25) is 0 Å². The van der Waals surface area contributed by atoms with E-state index >= 15 is 0 Å². The van der Waals surface area contributed by atoms with Crippen molar-refractivity contribution in [1.82, 2.24) is 5.32 Å². The molecule has 12 heavy (non-hydrogen) atoms. The second-order valence-corrected chi connectivity index (χ2v) is 3.86. The van der Waals surface area contributed by atoms with Gasteiger partial charge in [-0.2, -0.15) is 0 Å². The van der Waals surface area contributed by atoms with Crippen LogP contribution in [0.15, 0.2) is 0 Å². The maximum absolute atomic E-state index is 13.2. The molecule has 1 saturated carbocycles. The van der Waals surface area contributed by atoms with Gasteiger partial charge in [-0.05, 0) is 18.8 Å². The smallest absolute Gasteiger partial charge is 0.254 e. The van der Waals surface area contributed by atoms with E-state index in [1.54, 1.807) is 0 Å². The van der Waals surface area contributed by atoms with Crippen molar-refractivity contribution in [3.05, 3.63) is 0 Å². The number of halogens is 1. The first-order valence-corrected chi connectivity index (χ1v) is 4.71. The first-order valence-electron chi connectivity index (χ1n) is 4.71. The molecule has 0 aromatic carbocycles. The molecule has 2 nitrogen and oxygen atoms in total. The van der Waals surface area contributed by atoms with Crippen molar-refractivity contribution in [3.63, 3.8) is 0 Å². The molecule has 2 aliphatic rings. The van der Waals surface area contributed by atoms with Crippen molar-refractivity contribution in [3.8, 4) is 0 Å². The van der Waals surface area contributed by atoms with Gasteiger partial charge in [0, 0.05) is 12.5 Å². The Hall–Kier alpha value is -0.600. The number of alkyl halides is 1. The Morgan fingerprint density at radius 2 is 2.00 bits per heavy atom. The summed E-state index contributed by atoms with van der Waals surface area (Å²) in [4.78, 5) is 10.9. The average molecular weight is 171 g/mol. The highest BCUT2D eigenvalue weighted by Crippen LogP contribution is 2.35. The molecule has 0 aromatic heterocycles. The summed E-state index contributed by atoms with van der Waals surface area (Å²) in [5.74, 6) is 0.0332. The Morgan fingerprint density at radius 3 is 2.50 bits per heavy atom. The van der Waals surface area contributed by atoms with E-state index < -0.39 is 12.1 Å². The van der Waals surface area contributed by atoms with Gasteiger partial charge < -0.3 is 5.32 Å². The SMILES string of the molecule is O=C1NC[C@H](C2CCCC2)[C@@H]1F. The van der Waals surface area contributed by atoms with E-state index in [9.17, 15) is 9.18 Å². The summed E-state index contributed by atoms with van der Waals surface area (Å²) in [5.41, 5.74) is 0. The lowest BCUT2D eigenvalue weighted by molar-refractivity contribution is -0.124. The molecule has 0 spiro atoms. The predicted octanol–water partition coefficient (Wildman–Crippen LogP) is 1.26. The number of nitrogens with one attached hydrogen (secondary N) is 1. The number of carbonyl (C=O) groups is 1. The Morgan fingerprint density at radius 1 is 1.33 bits per heavy atom. The largest absolute Gasteiger partial charge is 0.353 e. The summed E-state index contributed by atoms with van der Waals surface area (Å²) in [6.45, 7) is 0.560. The van der Waals surface area contributed by atoms with Crippen molar-refractivity contribution in [2.75, 3.05) is 6.54 Å². The monoisotopic (exact) mass is 171 g/mol. The van der Waals surface area contributed by atoms with Crippen molar-refractivity contribution in [2.24, 2.45) is 11.8 Å². The van der Waals surface area contributed by atoms with E-state index in [4.69, 9.17) is 0 Å².